The largest absolute Gasteiger partial charge is 0.493 e. The lowest BCUT2D eigenvalue weighted by Gasteiger charge is -2.26. The van der Waals surface area contributed by atoms with Gasteiger partial charge in [-0.15, -0.1) is 0 Å². The van der Waals surface area contributed by atoms with Gasteiger partial charge < -0.3 is 15.2 Å². The number of hydrogen-bond acceptors (Lipinski definition) is 3. The molecule has 0 saturated carbocycles. The van der Waals surface area contributed by atoms with Crippen LogP contribution in [0.5, 0.6) is 5.75 Å². The predicted octanol–water partition coefficient (Wildman–Crippen LogP) is 2.34. The second-order valence-corrected chi connectivity index (χ2v) is 6.41. The molecule has 20 heavy (non-hydrogen) atoms. The molecule has 1 amide bonds. The number of rotatable bonds is 1. The van der Waals surface area contributed by atoms with Crippen LogP contribution in [-0.2, 0) is 4.79 Å². The molecule has 4 nitrogen and oxygen atoms in total. The first kappa shape index (κ1) is 14.9. The van der Waals surface area contributed by atoms with Crippen LogP contribution in [-0.4, -0.2) is 23.7 Å². The molecule has 2 unspecified atom stereocenters. The number of benzene rings is 1. The number of para-hydroxylation sites is 1. The highest BCUT2D eigenvalue weighted by atomic mass is 16.5. The minimum atomic E-state index is -0.737. The second kappa shape index (κ2) is 5.44. The van der Waals surface area contributed by atoms with Crippen molar-refractivity contribution in [3.8, 4) is 5.75 Å². The number of ether oxygens (including phenoxy) is 1. The van der Waals surface area contributed by atoms with Gasteiger partial charge in [0.15, 0.2) is 0 Å². The van der Waals surface area contributed by atoms with Gasteiger partial charge in [-0.25, -0.2) is 0 Å². The van der Waals surface area contributed by atoms with Crippen molar-refractivity contribution in [2.75, 3.05) is 6.61 Å². The van der Waals surface area contributed by atoms with Gasteiger partial charge >= 0.3 is 0 Å². The monoisotopic (exact) mass is 277 g/mol. The molecule has 1 aromatic carbocycles. The van der Waals surface area contributed by atoms with Gasteiger partial charge in [-0.1, -0.05) is 39.0 Å². The molecule has 1 aliphatic rings. The molecular formula is C16H23NO3. The molecule has 2 atom stereocenters. The number of amides is 1. The van der Waals surface area contributed by atoms with Crippen LogP contribution in [0.2, 0.25) is 0 Å². The number of nitrogens with one attached hydrogen (secondary N) is 1. The summed E-state index contributed by atoms with van der Waals surface area (Å²) in [6, 6.07) is 5.40. The van der Waals surface area contributed by atoms with E-state index in [1.807, 2.05) is 45.9 Å². The molecule has 2 N–H and O–H groups in total. The summed E-state index contributed by atoms with van der Waals surface area (Å²) in [5.41, 5.74) is 1.29. The van der Waals surface area contributed by atoms with Crippen LogP contribution in [0.25, 0.3) is 0 Å². The molecule has 0 bridgehead atoms. The van der Waals surface area contributed by atoms with E-state index in [0.717, 1.165) is 16.9 Å². The Morgan fingerprint density at radius 2 is 2.10 bits per heavy atom. The van der Waals surface area contributed by atoms with Crippen LogP contribution in [0.3, 0.4) is 0 Å². The van der Waals surface area contributed by atoms with E-state index in [2.05, 4.69) is 5.32 Å². The molecule has 2 rings (SSSR count). The van der Waals surface area contributed by atoms with E-state index in [-0.39, 0.29) is 11.9 Å². The third kappa shape index (κ3) is 2.96. The van der Waals surface area contributed by atoms with Crippen LogP contribution >= 0.6 is 0 Å². The van der Waals surface area contributed by atoms with E-state index in [0.29, 0.717) is 13.0 Å². The van der Waals surface area contributed by atoms with Crippen LogP contribution in [0.1, 0.15) is 44.4 Å². The van der Waals surface area contributed by atoms with E-state index < -0.39 is 11.5 Å². The molecule has 1 heterocycles. The Bertz CT molecular complexity index is 505. The summed E-state index contributed by atoms with van der Waals surface area (Å²) in [5.74, 6) is 0.685. The lowest BCUT2D eigenvalue weighted by molar-refractivity contribution is -0.130. The topological polar surface area (TPSA) is 58.6 Å². The molecule has 0 fully saturated rings. The maximum absolute atomic E-state index is 12.1. The van der Waals surface area contributed by atoms with Gasteiger partial charge in [0.05, 0.1) is 12.6 Å². The first-order valence-corrected chi connectivity index (χ1v) is 7.02. The Hall–Kier alpha value is -1.55. The van der Waals surface area contributed by atoms with Gasteiger partial charge in [-0.3, -0.25) is 4.79 Å². The lowest BCUT2D eigenvalue weighted by Crippen LogP contribution is -2.44. The lowest BCUT2D eigenvalue weighted by atomic mass is 9.93. The Labute approximate surface area is 120 Å². The standard InChI is InChI=1S/C16H23NO3/c1-10-6-5-7-11-13(18)12(8-9-20-14(10)11)17-15(19)16(2,3)4/h5-7,12-13,18H,8-9H2,1-4H3,(H,17,19). The average Bonchev–Trinajstić information content (AvgIpc) is 2.51. The third-order valence-electron chi connectivity index (χ3n) is 3.62. The predicted molar refractivity (Wildman–Crippen MR) is 77.6 cm³/mol. The van der Waals surface area contributed by atoms with Crippen LogP contribution in [0.4, 0.5) is 0 Å². The molecule has 1 aromatic rings. The summed E-state index contributed by atoms with van der Waals surface area (Å²) in [6.07, 6.45) is -0.143. The van der Waals surface area contributed by atoms with Crippen molar-refractivity contribution < 1.29 is 14.6 Å². The van der Waals surface area contributed by atoms with Gasteiger partial charge in [0.1, 0.15) is 11.9 Å². The van der Waals surface area contributed by atoms with Gasteiger partial charge in [0.2, 0.25) is 5.91 Å². The first-order valence-electron chi connectivity index (χ1n) is 7.02. The second-order valence-electron chi connectivity index (χ2n) is 6.41. The minimum absolute atomic E-state index is 0.0577. The summed E-state index contributed by atoms with van der Waals surface area (Å²) >= 11 is 0. The highest BCUT2D eigenvalue weighted by molar-refractivity contribution is 5.81. The summed E-state index contributed by atoms with van der Waals surface area (Å²) in [4.78, 5) is 12.1. The molecule has 1 aliphatic heterocycles. The van der Waals surface area contributed by atoms with Crippen LogP contribution in [0, 0.1) is 12.3 Å². The SMILES string of the molecule is Cc1cccc2c1OCCC(NC(=O)C(C)(C)C)C2O. The maximum Gasteiger partial charge on any atom is 0.225 e. The smallest absolute Gasteiger partial charge is 0.225 e. The fourth-order valence-electron chi connectivity index (χ4n) is 2.30. The Balaban J connectivity index is 2.24. The van der Waals surface area contributed by atoms with Gasteiger partial charge in [-0.05, 0) is 12.5 Å². The fourth-order valence-corrected chi connectivity index (χ4v) is 2.30. The first-order chi connectivity index (χ1) is 9.30. The highest BCUT2D eigenvalue weighted by Crippen LogP contribution is 2.34. The molecule has 4 heteroatoms. The fraction of sp³-hybridized carbons (Fsp3) is 0.562. The number of aryl methyl sites for hydroxylation is 1. The van der Waals surface area contributed by atoms with E-state index in [4.69, 9.17) is 4.74 Å². The molecule has 110 valence electrons. The van der Waals surface area contributed by atoms with Crippen molar-refractivity contribution in [1.29, 1.82) is 0 Å². The third-order valence-corrected chi connectivity index (χ3v) is 3.62. The van der Waals surface area contributed by atoms with Crippen molar-refractivity contribution in [3.05, 3.63) is 29.3 Å². The zero-order valence-corrected chi connectivity index (χ0v) is 12.6. The summed E-state index contributed by atoms with van der Waals surface area (Å²) in [6.45, 7) is 8.03. The molecule has 0 saturated heterocycles. The maximum atomic E-state index is 12.1. The number of fused-ring (bicyclic) bond motifs is 1. The van der Waals surface area contributed by atoms with E-state index in [9.17, 15) is 9.90 Å². The highest BCUT2D eigenvalue weighted by Gasteiger charge is 2.31. The molecular weight excluding hydrogens is 254 g/mol. The molecule has 0 aliphatic carbocycles. The summed E-state index contributed by atoms with van der Waals surface area (Å²) < 4.78 is 5.74. The number of aliphatic hydroxyl groups excluding tert-OH is 1. The number of hydrogen-bond donors (Lipinski definition) is 2. The Kier molecular flexibility index (Phi) is 4.04. The number of carbonyl (C=O) groups is 1. The summed E-state index contributed by atoms with van der Waals surface area (Å²) in [5, 5.41) is 13.5. The normalized spacial score (nSPS) is 22.4. The van der Waals surface area contributed by atoms with Crippen molar-refractivity contribution in [2.24, 2.45) is 5.41 Å². The van der Waals surface area contributed by atoms with Crippen molar-refractivity contribution in [3.63, 3.8) is 0 Å². The van der Waals surface area contributed by atoms with Crippen LogP contribution < -0.4 is 10.1 Å². The van der Waals surface area contributed by atoms with Crippen molar-refractivity contribution in [1.82, 2.24) is 5.32 Å². The van der Waals surface area contributed by atoms with Crippen LogP contribution in [0.15, 0.2) is 18.2 Å². The number of aliphatic hydroxyl groups is 1. The Morgan fingerprint density at radius 1 is 1.40 bits per heavy atom. The Morgan fingerprint density at radius 3 is 2.75 bits per heavy atom. The quantitative estimate of drug-likeness (QED) is 0.828. The zero-order chi connectivity index (χ0) is 14.9. The van der Waals surface area contributed by atoms with Crippen molar-refractivity contribution in [2.45, 2.75) is 46.3 Å². The van der Waals surface area contributed by atoms with Crippen molar-refractivity contribution >= 4 is 5.91 Å². The molecule has 0 radical (unpaired) electrons. The molecule has 0 aromatic heterocycles. The average molecular weight is 277 g/mol. The van der Waals surface area contributed by atoms with Gasteiger partial charge in [-0.2, -0.15) is 0 Å². The van der Waals surface area contributed by atoms with Gasteiger partial charge in [0, 0.05) is 17.4 Å². The minimum Gasteiger partial charge on any atom is -0.493 e. The van der Waals surface area contributed by atoms with E-state index >= 15 is 0 Å². The zero-order valence-electron chi connectivity index (χ0n) is 12.6. The number of carbonyl (C=O) groups excluding carboxylic acids is 1. The summed E-state index contributed by atoms with van der Waals surface area (Å²) in [7, 11) is 0. The van der Waals surface area contributed by atoms with E-state index in [1.165, 1.54) is 0 Å². The van der Waals surface area contributed by atoms with Gasteiger partial charge in [0.25, 0.3) is 0 Å². The van der Waals surface area contributed by atoms with E-state index in [1.54, 1.807) is 0 Å². The molecule has 0 spiro atoms.